The second kappa shape index (κ2) is 5.26. The summed E-state index contributed by atoms with van der Waals surface area (Å²) in [5.41, 5.74) is 5.58. The summed E-state index contributed by atoms with van der Waals surface area (Å²) in [6.45, 7) is 6.88. The second-order valence-corrected chi connectivity index (χ2v) is 6.46. The summed E-state index contributed by atoms with van der Waals surface area (Å²) < 4.78 is 0. The van der Waals surface area contributed by atoms with Gasteiger partial charge in [-0.2, -0.15) is 0 Å². The van der Waals surface area contributed by atoms with Gasteiger partial charge in [0, 0.05) is 11.5 Å². The highest BCUT2D eigenvalue weighted by Crippen LogP contribution is 2.52. The van der Waals surface area contributed by atoms with Gasteiger partial charge in [-0.15, -0.1) is 0 Å². The first-order valence-electron chi connectivity index (χ1n) is 7.27. The fourth-order valence-electron chi connectivity index (χ4n) is 3.58. The van der Waals surface area contributed by atoms with Crippen LogP contribution in [0.2, 0.25) is 0 Å². The van der Waals surface area contributed by atoms with Crippen molar-refractivity contribution in [2.75, 3.05) is 20.7 Å². The van der Waals surface area contributed by atoms with Crippen molar-refractivity contribution in [3.8, 4) is 0 Å². The van der Waals surface area contributed by atoms with Crippen molar-refractivity contribution in [3.63, 3.8) is 0 Å². The number of aliphatic hydroxyl groups excluding tert-OH is 1. The van der Waals surface area contributed by atoms with E-state index >= 15 is 0 Å². The summed E-state index contributed by atoms with van der Waals surface area (Å²) in [5, 5.41) is 9.91. The van der Waals surface area contributed by atoms with Gasteiger partial charge in [0.1, 0.15) is 0 Å². The summed E-state index contributed by atoms with van der Waals surface area (Å²) in [6.07, 6.45) is 3.52. The van der Waals surface area contributed by atoms with E-state index < -0.39 is 0 Å². The molecule has 0 amide bonds. The van der Waals surface area contributed by atoms with E-state index in [0.717, 1.165) is 12.8 Å². The first kappa shape index (κ1) is 14.5. The lowest BCUT2D eigenvalue weighted by Crippen LogP contribution is -2.45. The van der Waals surface area contributed by atoms with E-state index in [-0.39, 0.29) is 5.41 Å². The highest BCUT2D eigenvalue weighted by Gasteiger charge is 2.45. The molecule has 0 saturated heterocycles. The molecule has 2 rings (SSSR count). The van der Waals surface area contributed by atoms with Crippen molar-refractivity contribution in [3.05, 3.63) is 34.4 Å². The molecule has 106 valence electrons. The number of benzene rings is 1. The van der Waals surface area contributed by atoms with Crippen molar-refractivity contribution >= 4 is 0 Å². The predicted octanol–water partition coefficient (Wildman–Crippen LogP) is 3.38. The van der Waals surface area contributed by atoms with Crippen molar-refractivity contribution in [1.29, 1.82) is 0 Å². The van der Waals surface area contributed by atoms with E-state index in [9.17, 15) is 5.11 Å². The summed E-state index contributed by atoms with van der Waals surface area (Å²) in [5.74, 6) is 0. The first-order chi connectivity index (χ1) is 8.93. The molecule has 0 bridgehead atoms. The predicted molar refractivity (Wildman–Crippen MR) is 80.5 cm³/mol. The molecule has 1 aliphatic rings. The zero-order valence-electron chi connectivity index (χ0n) is 13.0. The Bertz CT molecular complexity index is 455. The number of hydrogen-bond donors (Lipinski definition) is 1. The van der Waals surface area contributed by atoms with E-state index in [0.29, 0.717) is 12.6 Å². The Morgan fingerprint density at radius 2 is 1.79 bits per heavy atom. The smallest absolute Gasteiger partial charge is 0.0505 e. The molecule has 1 aromatic carbocycles. The highest BCUT2D eigenvalue weighted by atomic mass is 16.3. The lowest BCUT2D eigenvalue weighted by molar-refractivity contribution is -0.0311. The average molecular weight is 261 g/mol. The van der Waals surface area contributed by atoms with Crippen LogP contribution in [0.15, 0.2) is 12.1 Å². The number of nitrogens with zero attached hydrogens (tertiary/aromatic N) is 1. The third-order valence-corrected chi connectivity index (χ3v) is 5.16. The van der Waals surface area contributed by atoms with E-state index in [1.165, 1.54) is 28.7 Å². The Morgan fingerprint density at radius 1 is 1.16 bits per heavy atom. The van der Waals surface area contributed by atoms with Gasteiger partial charge < -0.3 is 10.0 Å². The van der Waals surface area contributed by atoms with Crippen LogP contribution in [0.3, 0.4) is 0 Å². The molecule has 0 heterocycles. The zero-order valence-corrected chi connectivity index (χ0v) is 13.0. The molecule has 1 aromatic rings. The average Bonchev–Trinajstić information content (AvgIpc) is 2.32. The van der Waals surface area contributed by atoms with Crippen LogP contribution in [0.1, 0.15) is 47.6 Å². The minimum absolute atomic E-state index is 0.0654. The summed E-state index contributed by atoms with van der Waals surface area (Å²) >= 11 is 0. The van der Waals surface area contributed by atoms with Crippen molar-refractivity contribution < 1.29 is 5.11 Å². The van der Waals surface area contributed by atoms with Crippen LogP contribution in [0, 0.1) is 26.2 Å². The minimum Gasteiger partial charge on any atom is -0.396 e. The molecule has 2 nitrogen and oxygen atoms in total. The molecule has 0 aliphatic heterocycles. The number of rotatable bonds is 4. The van der Waals surface area contributed by atoms with Gasteiger partial charge in [0.2, 0.25) is 0 Å². The summed E-state index contributed by atoms with van der Waals surface area (Å²) in [7, 11) is 4.27. The van der Waals surface area contributed by atoms with Crippen molar-refractivity contribution in [2.45, 2.75) is 46.1 Å². The maximum Gasteiger partial charge on any atom is 0.0505 e. The van der Waals surface area contributed by atoms with Crippen molar-refractivity contribution in [2.24, 2.45) is 5.41 Å². The third-order valence-electron chi connectivity index (χ3n) is 5.16. The van der Waals surface area contributed by atoms with Gasteiger partial charge in [0.05, 0.1) is 6.61 Å². The largest absolute Gasteiger partial charge is 0.396 e. The van der Waals surface area contributed by atoms with Gasteiger partial charge >= 0.3 is 0 Å². The quantitative estimate of drug-likeness (QED) is 0.898. The van der Waals surface area contributed by atoms with Crippen molar-refractivity contribution in [1.82, 2.24) is 4.90 Å². The summed E-state index contributed by atoms with van der Waals surface area (Å²) in [4.78, 5) is 2.28. The normalized spacial score (nSPS) is 19.3. The van der Waals surface area contributed by atoms with Crippen LogP contribution in [-0.2, 0) is 0 Å². The lowest BCUT2D eigenvalue weighted by Gasteiger charge is -2.50. The Balaban J connectivity index is 2.49. The van der Waals surface area contributed by atoms with Crippen LogP contribution in [-0.4, -0.2) is 30.7 Å². The molecule has 1 atom stereocenters. The molecular weight excluding hydrogens is 234 g/mol. The van der Waals surface area contributed by atoms with E-state index in [1.807, 2.05) is 0 Å². The number of aliphatic hydroxyl groups is 1. The Morgan fingerprint density at radius 3 is 2.21 bits per heavy atom. The van der Waals surface area contributed by atoms with E-state index in [4.69, 9.17) is 0 Å². The zero-order chi connectivity index (χ0) is 14.2. The molecular formula is C17H27NO. The van der Waals surface area contributed by atoms with Crippen LogP contribution < -0.4 is 0 Å². The van der Waals surface area contributed by atoms with Gasteiger partial charge in [-0.3, -0.25) is 0 Å². The van der Waals surface area contributed by atoms with Crippen LogP contribution in [0.25, 0.3) is 0 Å². The standard InChI is InChI=1S/C17H27NO/c1-12-7-8-15(14(3)13(12)2)16(18(4)5)17(11-19)9-6-10-17/h7-8,16,19H,6,9-11H2,1-5H3. The third kappa shape index (κ3) is 2.32. The van der Waals surface area contributed by atoms with Crippen LogP contribution in [0.5, 0.6) is 0 Å². The molecule has 1 saturated carbocycles. The molecule has 19 heavy (non-hydrogen) atoms. The Labute approximate surface area is 117 Å². The van der Waals surface area contributed by atoms with Gasteiger partial charge in [0.15, 0.2) is 0 Å². The Kier molecular flexibility index (Phi) is 4.03. The molecule has 0 aromatic heterocycles. The topological polar surface area (TPSA) is 23.5 Å². The van der Waals surface area contributed by atoms with Crippen LogP contribution in [0.4, 0.5) is 0 Å². The molecule has 2 heteroatoms. The fraction of sp³-hybridized carbons (Fsp3) is 0.647. The molecule has 1 N–H and O–H groups in total. The van der Waals surface area contributed by atoms with Gasteiger partial charge in [0.25, 0.3) is 0 Å². The molecule has 0 spiro atoms. The van der Waals surface area contributed by atoms with Crippen LogP contribution >= 0.6 is 0 Å². The minimum atomic E-state index is 0.0654. The monoisotopic (exact) mass is 261 g/mol. The van der Waals surface area contributed by atoms with E-state index in [2.05, 4.69) is 51.9 Å². The number of aryl methyl sites for hydroxylation is 1. The maximum absolute atomic E-state index is 9.91. The lowest BCUT2D eigenvalue weighted by atomic mass is 9.62. The van der Waals surface area contributed by atoms with E-state index in [1.54, 1.807) is 0 Å². The molecule has 1 aliphatic carbocycles. The van der Waals surface area contributed by atoms with Gasteiger partial charge in [-0.25, -0.2) is 0 Å². The maximum atomic E-state index is 9.91. The van der Waals surface area contributed by atoms with Gasteiger partial charge in [-0.1, -0.05) is 18.6 Å². The van der Waals surface area contributed by atoms with Gasteiger partial charge in [-0.05, 0) is 70.0 Å². The summed E-state index contributed by atoms with van der Waals surface area (Å²) in [6, 6.07) is 4.81. The molecule has 1 unspecified atom stereocenters. The fourth-order valence-corrected chi connectivity index (χ4v) is 3.58. The molecule has 1 fully saturated rings. The molecule has 0 radical (unpaired) electrons. The second-order valence-electron chi connectivity index (χ2n) is 6.46. The Hall–Kier alpha value is -0.860. The number of hydrogen-bond acceptors (Lipinski definition) is 2. The SMILES string of the molecule is Cc1ccc(C(N(C)C)C2(CO)CCC2)c(C)c1C. The highest BCUT2D eigenvalue weighted by molar-refractivity contribution is 5.41. The first-order valence-corrected chi connectivity index (χ1v) is 7.27.